The highest BCUT2D eigenvalue weighted by Crippen LogP contribution is 2.32. The van der Waals surface area contributed by atoms with Gasteiger partial charge in [0.15, 0.2) is 0 Å². The molecule has 1 aliphatic rings. The van der Waals surface area contributed by atoms with Crippen LogP contribution in [0.5, 0.6) is 0 Å². The standard InChI is InChI=1S/C18H29N3O2/c1-12(2)11-23-8-7-21(4)13(3)20-15-6-5-14-9-17(22)18(19)16(14)10-15/h5-6,10,12,17-18,22H,7-9,11,19H2,1-4H3/t17-,18-/m1/s1. The molecule has 0 amide bonds. The molecule has 0 unspecified atom stereocenters. The van der Waals surface area contributed by atoms with Crippen molar-refractivity contribution in [3.8, 4) is 0 Å². The number of aliphatic hydroxyl groups is 1. The fraction of sp³-hybridized carbons (Fsp3) is 0.611. The van der Waals surface area contributed by atoms with Crippen molar-refractivity contribution in [3.63, 3.8) is 0 Å². The van der Waals surface area contributed by atoms with Gasteiger partial charge in [0.1, 0.15) is 5.84 Å². The van der Waals surface area contributed by atoms with Crippen LogP contribution in [0.1, 0.15) is 37.9 Å². The lowest BCUT2D eigenvalue weighted by Crippen LogP contribution is -2.28. The Morgan fingerprint density at radius 2 is 2.22 bits per heavy atom. The predicted octanol–water partition coefficient (Wildman–Crippen LogP) is 2.26. The van der Waals surface area contributed by atoms with E-state index >= 15 is 0 Å². The Labute approximate surface area is 139 Å². The van der Waals surface area contributed by atoms with E-state index < -0.39 is 6.10 Å². The van der Waals surface area contributed by atoms with Crippen molar-refractivity contribution in [2.24, 2.45) is 16.6 Å². The molecule has 0 aromatic heterocycles. The zero-order valence-corrected chi connectivity index (χ0v) is 14.6. The van der Waals surface area contributed by atoms with Crippen LogP contribution in [0.4, 0.5) is 5.69 Å². The van der Waals surface area contributed by atoms with E-state index in [1.165, 1.54) is 0 Å². The van der Waals surface area contributed by atoms with Crippen molar-refractivity contribution in [3.05, 3.63) is 29.3 Å². The molecule has 2 rings (SSSR count). The summed E-state index contributed by atoms with van der Waals surface area (Å²) in [7, 11) is 2.01. The van der Waals surface area contributed by atoms with Gasteiger partial charge in [-0.25, -0.2) is 4.99 Å². The molecule has 1 aromatic rings. The number of hydrogen-bond donors (Lipinski definition) is 2. The maximum Gasteiger partial charge on any atom is 0.101 e. The van der Waals surface area contributed by atoms with Crippen LogP contribution in [0.25, 0.3) is 0 Å². The van der Waals surface area contributed by atoms with Gasteiger partial charge in [-0.1, -0.05) is 19.9 Å². The number of nitrogens with zero attached hydrogens (tertiary/aromatic N) is 2. The van der Waals surface area contributed by atoms with Crippen LogP contribution in [0.3, 0.4) is 0 Å². The van der Waals surface area contributed by atoms with Crippen LogP contribution in [0.2, 0.25) is 0 Å². The number of benzene rings is 1. The second-order valence-electron chi connectivity index (χ2n) is 6.73. The van der Waals surface area contributed by atoms with Crippen LogP contribution in [-0.4, -0.2) is 48.8 Å². The number of ether oxygens (including phenoxy) is 1. The maximum absolute atomic E-state index is 9.86. The third kappa shape index (κ3) is 4.77. The zero-order valence-electron chi connectivity index (χ0n) is 14.6. The Balaban J connectivity index is 1.96. The van der Waals surface area contributed by atoms with E-state index in [1.54, 1.807) is 0 Å². The molecule has 0 saturated carbocycles. The van der Waals surface area contributed by atoms with Gasteiger partial charge in [0.05, 0.1) is 24.4 Å². The number of likely N-dealkylation sites (N-methyl/N-ethyl adjacent to an activating group) is 1. The monoisotopic (exact) mass is 319 g/mol. The van der Waals surface area contributed by atoms with Gasteiger partial charge in [-0.15, -0.1) is 0 Å². The lowest BCUT2D eigenvalue weighted by atomic mass is 10.1. The largest absolute Gasteiger partial charge is 0.391 e. The van der Waals surface area contributed by atoms with E-state index in [-0.39, 0.29) is 6.04 Å². The number of aliphatic hydroxyl groups excluding tert-OH is 1. The van der Waals surface area contributed by atoms with Crippen molar-refractivity contribution < 1.29 is 9.84 Å². The third-order valence-electron chi connectivity index (χ3n) is 4.20. The minimum Gasteiger partial charge on any atom is -0.391 e. The Hall–Kier alpha value is -1.43. The number of aliphatic imine (C=N–C) groups is 1. The summed E-state index contributed by atoms with van der Waals surface area (Å²) in [5.74, 6) is 1.49. The second-order valence-corrected chi connectivity index (χ2v) is 6.73. The Morgan fingerprint density at radius 1 is 1.48 bits per heavy atom. The lowest BCUT2D eigenvalue weighted by molar-refractivity contribution is 0.102. The van der Waals surface area contributed by atoms with Gasteiger partial charge >= 0.3 is 0 Å². The average molecular weight is 319 g/mol. The Morgan fingerprint density at radius 3 is 2.91 bits per heavy atom. The number of rotatable bonds is 6. The number of fused-ring (bicyclic) bond motifs is 1. The first-order valence-electron chi connectivity index (χ1n) is 8.29. The topological polar surface area (TPSA) is 71.1 Å². The molecule has 2 atom stereocenters. The molecule has 0 fully saturated rings. The fourth-order valence-electron chi connectivity index (χ4n) is 2.66. The average Bonchev–Trinajstić information content (AvgIpc) is 2.78. The van der Waals surface area contributed by atoms with Crippen LogP contribution in [0, 0.1) is 5.92 Å². The molecule has 1 aliphatic carbocycles. The molecule has 0 radical (unpaired) electrons. The summed E-state index contributed by atoms with van der Waals surface area (Å²) in [6.07, 6.45) is 0.151. The Bertz CT molecular complexity index is 557. The fourth-order valence-corrected chi connectivity index (χ4v) is 2.66. The second kappa shape index (κ2) is 7.90. The van der Waals surface area contributed by atoms with E-state index in [0.717, 1.165) is 35.8 Å². The molecular weight excluding hydrogens is 290 g/mol. The SMILES string of the molecule is CC(=Nc1ccc2c(c1)[C@@H](N)[C@H](O)C2)N(C)CCOCC(C)C. The van der Waals surface area contributed by atoms with Crippen LogP contribution < -0.4 is 5.73 Å². The summed E-state index contributed by atoms with van der Waals surface area (Å²) in [5.41, 5.74) is 9.04. The summed E-state index contributed by atoms with van der Waals surface area (Å²) in [4.78, 5) is 6.75. The molecule has 3 N–H and O–H groups in total. The molecule has 5 nitrogen and oxygen atoms in total. The smallest absolute Gasteiger partial charge is 0.101 e. The van der Waals surface area contributed by atoms with Crippen molar-refractivity contribution in [2.75, 3.05) is 26.8 Å². The number of hydrogen-bond acceptors (Lipinski definition) is 4. The molecule has 0 spiro atoms. The molecule has 0 bridgehead atoms. The highest BCUT2D eigenvalue weighted by Gasteiger charge is 2.27. The van der Waals surface area contributed by atoms with Gasteiger partial charge in [-0.05, 0) is 36.1 Å². The highest BCUT2D eigenvalue weighted by atomic mass is 16.5. The number of amidine groups is 1. The summed E-state index contributed by atoms with van der Waals surface area (Å²) >= 11 is 0. The van der Waals surface area contributed by atoms with Gasteiger partial charge in [-0.2, -0.15) is 0 Å². The summed E-state index contributed by atoms with van der Waals surface area (Å²) in [6.45, 7) is 8.57. The van der Waals surface area contributed by atoms with Crippen molar-refractivity contribution in [1.82, 2.24) is 4.90 Å². The molecule has 0 heterocycles. The van der Waals surface area contributed by atoms with Gasteiger partial charge in [0.2, 0.25) is 0 Å². The first kappa shape index (κ1) is 17.9. The van der Waals surface area contributed by atoms with Crippen LogP contribution in [-0.2, 0) is 11.2 Å². The third-order valence-corrected chi connectivity index (χ3v) is 4.20. The zero-order chi connectivity index (χ0) is 17.0. The summed E-state index contributed by atoms with van der Waals surface area (Å²) in [5, 5.41) is 9.86. The van der Waals surface area contributed by atoms with E-state index in [2.05, 4.69) is 23.7 Å². The van der Waals surface area contributed by atoms with Crippen molar-refractivity contribution in [2.45, 2.75) is 39.3 Å². The minimum atomic E-state index is -0.480. The van der Waals surface area contributed by atoms with E-state index in [0.29, 0.717) is 18.9 Å². The van der Waals surface area contributed by atoms with Gasteiger partial charge in [0.25, 0.3) is 0 Å². The molecule has 5 heteroatoms. The van der Waals surface area contributed by atoms with Gasteiger partial charge in [-0.3, -0.25) is 0 Å². The minimum absolute atomic E-state index is 0.303. The predicted molar refractivity (Wildman–Crippen MR) is 94.1 cm³/mol. The molecule has 0 aliphatic heterocycles. The Kier molecular flexibility index (Phi) is 6.16. The molecule has 23 heavy (non-hydrogen) atoms. The van der Waals surface area contributed by atoms with E-state index in [1.807, 2.05) is 32.2 Å². The normalized spacial score (nSPS) is 20.9. The van der Waals surface area contributed by atoms with E-state index in [4.69, 9.17) is 10.5 Å². The van der Waals surface area contributed by atoms with Gasteiger partial charge < -0.3 is 20.5 Å². The number of nitrogens with two attached hydrogens (primary N) is 1. The summed E-state index contributed by atoms with van der Waals surface area (Å²) < 4.78 is 5.61. The molecule has 1 aromatic carbocycles. The summed E-state index contributed by atoms with van der Waals surface area (Å²) in [6, 6.07) is 5.69. The van der Waals surface area contributed by atoms with Crippen LogP contribution >= 0.6 is 0 Å². The quantitative estimate of drug-likeness (QED) is 0.479. The first-order chi connectivity index (χ1) is 10.9. The first-order valence-corrected chi connectivity index (χ1v) is 8.29. The lowest BCUT2D eigenvalue weighted by Gasteiger charge is -2.19. The molecule has 128 valence electrons. The van der Waals surface area contributed by atoms with Gasteiger partial charge in [0, 0.05) is 26.6 Å². The van der Waals surface area contributed by atoms with E-state index in [9.17, 15) is 5.11 Å². The van der Waals surface area contributed by atoms with Crippen molar-refractivity contribution in [1.29, 1.82) is 0 Å². The highest BCUT2D eigenvalue weighted by molar-refractivity contribution is 5.82. The van der Waals surface area contributed by atoms with Crippen molar-refractivity contribution >= 4 is 11.5 Å². The maximum atomic E-state index is 9.86. The molecular formula is C18H29N3O2. The van der Waals surface area contributed by atoms with Crippen LogP contribution in [0.15, 0.2) is 23.2 Å². The molecule has 0 saturated heterocycles.